The predicted octanol–water partition coefficient (Wildman–Crippen LogP) is 4.83. The number of pyridine rings is 1. The van der Waals surface area contributed by atoms with E-state index in [1.54, 1.807) is 24.2 Å². The number of carbonyl (C=O) groups is 2. The van der Waals surface area contributed by atoms with Gasteiger partial charge in [0.1, 0.15) is 0 Å². The third-order valence-electron chi connectivity index (χ3n) is 6.88. The summed E-state index contributed by atoms with van der Waals surface area (Å²) in [4.78, 5) is 30.3. The smallest absolute Gasteiger partial charge is 0.339 e. The molecule has 1 saturated carbocycles. The zero-order valence-corrected chi connectivity index (χ0v) is 20.3. The molecular weight excluding hydrogens is 440 g/mol. The maximum absolute atomic E-state index is 12.9. The van der Waals surface area contributed by atoms with Crippen molar-refractivity contribution in [2.24, 2.45) is 11.8 Å². The Morgan fingerprint density at radius 2 is 1.77 bits per heavy atom. The molecule has 3 atom stereocenters. The maximum atomic E-state index is 12.9. The van der Waals surface area contributed by atoms with Gasteiger partial charge in [0.2, 0.25) is 0 Å². The molecule has 1 heterocycles. The highest BCUT2D eigenvalue weighted by Crippen LogP contribution is 2.40. The minimum absolute atomic E-state index is 0.0908. The number of esters is 1. The molecule has 0 bridgehead atoms. The fraction of sp³-hybridized carbons (Fsp3) is 0.345. The second-order valence-electron chi connectivity index (χ2n) is 9.43. The average Bonchev–Trinajstić information content (AvgIpc) is 3.36. The highest BCUT2D eigenvalue weighted by atomic mass is 16.5. The normalized spacial score (nSPS) is 18.1. The van der Waals surface area contributed by atoms with Gasteiger partial charge in [0.15, 0.2) is 0 Å². The molecular formula is C29H32N2O4. The lowest BCUT2D eigenvalue weighted by molar-refractivity contribution is 0.0600. The van der Waals surface area contributed by atoms with E-state index in [1.165, 1.54) is 18.9 Å². The number of carbonyl (C=O) groups excluding carboxylic acids is 2. The molecule has 182 valence electrons. The second-order valence-corrected chi connectivity index (χ2v) is 9.43. The van der Waals surface area contributed by atoms with Crippen LogP contribution in [0.3, 0.4) is 0 Å². The summed E-state index contributed by atoms with van der Waals surface area (Å²) in [7, 11) is 3.06. The summed E-state index contributed by atoms with van der Waals surface area (Å²) in [6, 6.07) is 19.4. The van der Waals surface area contributed by atoms with Crippen LogP contribution < -0.4 is 0 Å². The first-order valence-corrected chi connectivity index (χ1v) is 12.0. The van der Waals surface area contributed by atoms with E-state index in [-0.39, 0.29) is 5.91 Å². The van der Waals surface area contributed by atoms with E-state index < -0.39 is 12.1 Å². The number of rotatable bonds is 8. The molecule has 2 aromatic carbocycles. The number of benzene rings is 2. The van der Waals surface area contributed by atoms with Crippen molar-refractivity contribution in [1.29, 1.82) is 0 Å². The molecule has 0 unspecified atom stereocenters. The fourth-order valence-corrected chi connectivity index (χ4v) is 4.99. The lowest BCUT2D eigenvalue weighted by atomic mass is 9.91. The largest absolute Gasteiger partial charge is 0.465 e. The summed E-state index contributed by atoms with van der Waals surface area (Å²) < 4.78 is 4.74. The third kappa shape index (κ3) is 6.14. The number of aromatic nitrogens is 1. The molecule has 3 aromatic rings. The summed E-state index contributed by atoms with van der Waals surface area (Å²) in [5, 5.41) is 10.7. The van der Waals surface area contributed by atoms with Gasteiger partial charge in [-0.25, -0.2) is 4.79 Å². The van der Waals surface area contributed by atoms with E-state index >= 15 is 0 Å². The molecule has 1 aliphatic carbocycles. The van der Waals surface area contributed by atoms with Crippen LogP contribution >= 0.6 is 0 Å². The molecule has 6 heteroatoms. The van der Waals surface area contributed by atoms with Gasteiger partial charge in [-0.2, -0.15) is 0 Å². The topological polar surface area (TPSA) is 79.7 Å². The van der Waals surface area contributed by atoms with Crippen LogP contribution in [-0.2, 0) is 17.7 Å². The lowest BCUT2D eigenvalue weighted by Crippen LogP contribution is -2.26. The second kappa shape index (κ2) is 11.3. The van der Waals surface area contributed by atoms with Gasteiger partial charge in [-0.15, -0.1) is 0 Å². The molecule has 1 fully saturated rings. The predicted molar refractivity (Wildman–Crippen MR) is 134 cm³/mol. The van der Waals surface area contributed by atoms with Crippen molar-refractivity contribution >= 4 is 11.9 Å². The number of hydrogen-bond acceptors (Lipinski definition) is 5. The molecule has 35 heavy (non-hydrogen) atoms. The Bertz CT molecular complexity index is 1150. The SMILES string of the molecule is COC(=O)c1cncc(CN(C)C(=O)c2ccc(C[C@@H]3CC[C@H]([C@H](O)c4ccccc4)C3)cc2)c1. The van der Waals surface area contributed by atoms with Gasteiger partial charge in [0.05, 0.1) is 18.8 Å². The standard InChI is InChI=1S/C29H32N2O4/c1-31(19-22-16-26(18-30-17-22)29(34)35-2)28(33)24-11-8-20(9-12-24)14-21-10-13-25(15-21)27(32)23-6-4-3-5-7-23/h3-9,11-12,16-18,21,25,27,32H,10,13-15,19H2,1-2H3/t21-,25-,27+/m0/s1. The quantitative estimate of drug-likeness (QED) is 0.475. The zero-order valence-electron chi connectivity index (χ0n) is 20.3. The van der Waals surface area contributed by atoms with Gasteiger partial charge in [-0.3, -0.25) is 9.78 Å². The Labute approximate surface area is 206 Å². The van der Waals surface area contributed by atoms with E-state index in [1.807, 2.05) is 54.6 Å². The van der Waals surface area contributed by atoms with Crippen molar-refractivity contribution in [3.8, 4) is 0 Å². The molecule has 6 nitrogen and oxygen atoms in total. The van der Waals surface area contributed by atoms with E-state index in [4.69, 9.17) is 4.74 Å². The van der Waals surface area contributed by atoms with Crippen LogP contribution in [0.15, 0.2) is 73.1 Å². The molecule has 4 rings (SSSR count). The number of ether oxygens (including phenoxy) is 1. The van der Waals surface area contributed by atoms with Crippen LogP contribution in [0.1, 0.15) is 62.8 Å². The number of hydrogen-bond donors (Lipinski definition) is 1. The Kier molecular flexibility index (Phi) is 7.93. The van der Waals surface area contributed by atoms with Gasteiger partial charge in [0, 0.05) is 31.5 Å². The molecule has 1 aromatic heterocycles. The number of aliphatic hydroxyl groups is 1. The van der Waals surface area contributed by atoms with Gasteiger partial charge >= 0.3 is 5.97 Å². The Morgan fingerprint density at radius 1 is 1.03 bits per heavy atom. The first-order valence-electron chi connectivity index (χ1n) is 12.0. The number of amides is 1. The molecule has 1 amide bonds. The summed E-state index contributed by atoms with van der Waals surface area (Å²) in [5.74, 6) is 0.292. The Hall–Kier alpha value is -3.51. The molecule has 1 aliphatic rings. The highest BCUT2D eigenvalue weighted by Gasteiger charge is 2.30. The van der Waals surface area contributed by atoms with E-state index in [9.17, 15) is 14.7 Å². The summed E-state index contributed by atoms with van der Waals surface area (Å²) in [6.45, 7) is 0.339. The van der Waals surface area contributed by atoms with Crippen LogP contribution in [0.5, 0.6) is 0 Å². The molecule has 1 N–H and O–H groups in total. The third-order valence-corrected chi connectivity index (χ3v) is 6.88. The first-order chi connectivity index (χ1) is 16.9. The van der Waals surface area contributed by atoms with Crippen LogP contribution in [0.4, 0.5) is 0 Å². The zero-order chi connectivity index (χ0) is 24.8. The van der Waals surface area contributed by atoms with E-state index in [2.05, 4.69) is 4.98 Å². The molecule has 0 radical (unpaired) electrons. The first kappa shape index (κ1) is 24.6. The van der Waals surface area contributed by atoms with Crippen LogP contribution in [0.2, 0.25) is 0 Å². The molecule has 0 spiro atoms. The van der Waals surface area contributed by atoms with Gasteiger partial charge in [-0.1, -0.05) is 42.5 Å². The number of aliphatic hydroxyl groups excluding tert-OH is 1. The van der Waals surface area contributed by atoms with Crippen molar-refractivity contribution < 1.29 is 19.4 Å². The summed E-state index contributed by atoms with van der Waals surface area (Å²) in [6.07, 6.45) is 6.80. The van der Waals surface area contributed by atoms with Crippen LogP contribution in [-0.4, -0.2) is 41.0 Å². The highest BCUT2D eigenvalue weighted by molar-refractivity contribution is 5.94. The Balaban J connectivity index is 1.31. The van der Waals surface area contributed by atoms with Crippen molar-refractivity contribution in [2.75, 3.05) is 14.2 Å². The molecule has 0 aliphatic heterocycles. The summed E-state index contributed by atoms with van der Waals surface area (Å²) in [5.41, 5.74) is 3.95. The van der Waals surface area contributed by atoms with E-state index in [0.717, 1.165) is 36.8 Å². The number of nitrogens with zero attached hydrogens (tertiary/aromatic N) is 2. The summed E-state index contributed by atoms with van der Waals surface area (Å²) >= 11 is 0. The van der Waals surface area contributed by atoms with Gasteiger partial charge in [-0.05, 0) is 72.4 Å². The van der Waals surface area contributed by atoms with Crippen molar-refractivity contribution in [1.82, 2.24) is 9.88 Å². The Morgan fingerprint density at radius 3 is 2.49 bits per heavy atom. The minimum Gasteiger partial charge on any atom is -0.465 e. The maximum Gasteiger partial charge on any atom is 0.339 e. The van der Waals surface area contributed by atoms with Crippen molar-refractivity contribution in [3.63, 3.8) is 0 Å². The molecule has 0 saturated heterocycles. The van der Waals surface area contributed by atoms with Crippen molar-refractivity contribution in [3.05, 3.63) is 101 Å². The van der Waals surface area contributed by atoms with Gasteiger partial charge < -0.3 is 14.7 Å². The minimum atomic E-state index is -0.452. The van der Waals surface area contributed by atoms with Crippen LogP contribution in [0, 0.1) is 11.8 Å². The number of methoxy groups -OCH3 is 1. The van der Waals surface area contributed by atoms with E-state index in [0.29, 0.717) is 29.5 Å². The van der Waals surface area contributed by atoms with Gasteiger partial charge in [0.25, 0.3) is 5.91 Å². The lowest BCUT2D eigenvalue weighted by Gasteiger charge is -2.19. The van der Waals surface area contributed by atoms with Crippen molar-refractivity contribution in [2.45, 2.75) is 38.3 Å². The van der Waals surface area contributed by atoms with Crippen LogP contribution in [0.25, 0.3) is 0 Å². The average molecular weight is 473 g/mol. The fourth-order valence-electron chi connectivity index (χ4n) is 4.99. The monoisotopic (exact) mass is 472 g/mol.